The molecule has 0 heterocycles. The zero-order valence-corrected chi connectivity index (χ0v) is 12.9. The van der Waals surface area contributed by atoms with E-state index in [9.17, 15) is 9.59 Å². The summed E-state index contributed by atoms with van der Waals surface area (Å²) in [6, 6.07) is 0. The lowest BCUT2D eigenvalue weighted by Crippen LogP contribution is -2.41. The second kappa shape index (κ2) is 7.62. The van der Waals surface area contributed by atoms with Gasteiger partial charge in [0.1, 0.15) is 6.54 Å². The molecule has 116 valence electrons. The summed E-state index contributed by atoms with van der Waals surface area (Å²) in [4.78, 5) is 24.6. The molecule has 1 fully saturated rings. The minimum absolute atomic E-state index is 0.0653. The van der Waals surface area contributed by atoms with E-state index in [1.807, 2.05) is 0 Å². The number of hydrogen-bond donors (Lipinski definition) is 1. The maximum absolute atomic E-state index is 12.3. The minimum atomic E-state index is -0.975. The summed E-state index contributed by atoms with van der Waals surface area (Å²) in [5.41, 5.74) is 0.171. The van der Waals surface area contributed by atoms with Crippen LogP contribution in [0.25, 0.3) is 0 Å². The van der Waals surface area contributed by atoms with Crippen molar-refractivity contribution in [1.82, 2.24) is 4.90 Å². The Morgan fingerprint density at radius 1 is 1.35 bits per heavy atom. The normalized spacial score (nSPS) is 21.4. The highest BCUT2D eigenvalue weighted by Crippen LogP contribution is 2.42. The van der Waals surface area contributed by atoms with Crippen molar-refractivity contribution in [3.63, 3.8) is 0 Å². The monoisotopic (exact) mass is 285 g/mol. The number of methoxy groups -OCH3 is 1. The Bertz CT molecular complexity index is 341. The molecule has 1 unspecified atom stereocenters. The summed E-state index contributed by atoms with van der Waals surface area (Å²) in [7, 11) is 1.55. The van der Waals surface area contributed by atoms with E-state index in [1.165, 1.54) is 17.7 Å². The largest absolute Gasteiger partial charge is 0.480 e. The first-order valence-electron chi connectivity index (χ1n) is 7.35. The number of ether oxygens (including phenoxy) is 1. The third-order valence-corrected chi connectivity index (χ3v) is 4.39. The SMILES string of the molecule is COCCN(CC(=O)O)C(=O)CC1CCCCC1(C)C. The van der Waals surface area contributed by atoms with Gasteiger partial charge in [0.25, 0.3) is 0 Å². The molecule has 0 saturated heterocycles. The second-order valence-electron chi connectivity index (χ2n) is 6.34. The Balaban J connectivity index is 2.61. The number of carbonyl (C=O) groups is 2. The van der Waals surface area contributed by atoms with Crippen molar-refractivity contribution in [2.45, 2.75) is 46.0 Å². The predicted molar refractivity (Wildman–Crippen MR) is 76.4 cm³/mol. The van der Waals surface area contributed by atoms with E-state index in [4.69, 9.17) is 9.84 Å². The highest BCUT2D eigenvalue weighted by Gasteiger charge is 2.34. The van der Waals surface area contributed by atoms with Crippen molar-refractivity contribution in [3.8, 4) is 0 Å². The first-order chi connectivity index (χ1) is 9.36. The zero-order valence-electron chi connectivity index (χ0n) is 12.9. The average Bonchev–Trinajstić information content (AvgIpc) is 2.36. The van der Waals surface area contributed by atoms with Gasteiger partial charge in [-0.3, -0.25) is 9.59 Å². The van der Waals surface area contributed by atoms with Gasteiger partial charge in [0, 0.05) is 20.1 Å². The minimum Gasteiger partial charge on any atom is -0.480 e. The maximum Gasteiger partial charge on any atom is 0.323 e. The Morgan fingerprint density at radius 2 is 2.05 bits per heavy atom. The lowest BCUT2D eigenvalue weighted by molar-refractivity contribution is -0.145. The Morgan fingerprint density at radius 3 is 2.60 bits per heavy atom. The topological polar surface area (TPSA) is 66.8 Å². The summed E-state index contributed by atoms with van der Waals surface area (Å²) in [5.74, 6) is -0.690. The highest BCUT2D eigenvalue weighted by molar-refractivity contribution is 5.81. The molecule has 1 rings (SSSR count). The molecule has 1 saturated carbocycles. The molecule has 20 heavy (non-hydrogen) atoms. The van der Waals surface area contributed by atoms with Crippen molar-refractivity contribution in [2.75, 3.05) is 26.8 Å². The van der Waals surface area contributed by atoms with Gasteiger partial charge in [0.2, 0.25) is 5.91 Å². The van der Waals surface area contributed by atoms with E-state index >= 15 is 0 Å². The van der Waals surface area contributed by atoms with Crippen molar-refractivity contribution in [1.29, 1.82) is 0 Å². The summed E-state index contributed by atoms with van der Waals surface area (Å²) < 4.78 is 4.95. The summed E-state index contributed by atoms with van der Waals surface area (Å²) >= 11 is 0. The molecule has 5 heteroatoms. The van der Waals surface area contributed by atoms with Crippen molar-refractivity contribution in [2.24, 2.45) is 11.3 Å². The fourth-order valence-corrected chi connectivity index (χ4v) is 2.94. The van der Waals surface area contributed by atoms with E-state index in [-0.39, 0.29) is 17.9 Å². The number of hydrogen-bond acceptors (Lipinski definition) is 3. The number of carboxylic acids is 1. The number of carboxylic acid groups (broad SMARTS) is 1. The molecule has 0 aromatic heterocycles. The van der Waals surface area contributed by atoms with Crippen LogP contribution >= 0.6 is 0 Å². The molecule has 0 radical (unpaired) electrons. The van der Waals surface area contributed by atoms with Crippen LogP contribution in [-0.4, -0.2) is 48.7 Å². The first-order valence-corrected chi connectivity index (χ1v) is 7.35. The molecule has 0 bridgehead atoms. The van der Waals surface area contributed by atoms with Crippen LogP contribution in [0.1, 0.15) is 46.0 Å². The van der Waals surface area contributed by atoms with E-state index < -0.39 is 5.97 Å². The van der Waals surface area contributed by atoms with Crippen LogP contribution in [0.5, 0.6) is 0 Å². The third-order valence-electron chi connectivity index (χ3n) is 4.39. The Kier molecular flexibility index (Phi) is 6.46. The molecular formula is C15H27NO4. The predicted octanol–water partition coefficient (Wildman–Crippen LogP) is 2.15. The van der Waals surface area contributed by atoms with E-state index in [2.05, 4.69) is 13.8 Å². The molecular weight excluding hydrogens is 258 g/mol. The van der Waals surface area contributed by atoms with E-state index in [0.717, 1.165) is 12.8 Å². The van der Waals surface area contributed by atoms with Gasteiger partial charge >= 0.3 is 5.97 Å². The molecule has 0 spiro atoms. The van der Waals surface area contributed by atoms with Crippen LogP contribution in [0.15, 0.2) is 0 Å². The van der Waals surface area contributed by atoms with Crippen molar-refractivity contribution < 1.29 is 19.4 Å². The number of amides is 1. The van der Waals surface area contributed by atoms with Gasteiger partial charge in [0.05, 0.1) is 6.61 Å². The van der Waals surface area contributed by atoms with Crippen LogP contribution in [0, 0.1) is 11.3 Å². The van der Waals surface area contributed by atoms with Crippen LogP contribution < -0.4 is 0 Å². The van der Waals surface area contributed by atoms with E-state index in [1.54, 1.807) is 7.11 Å². The molecule has 1 aliphatic rings. The van der Waals surface area contributed by atoms with Gasteiger partial charge in [-0.15, -0.1) is 0 Å². The van der Waals surface area contributed by atoms with Crippen LogP contribution in [0.3, 0.4) is 0 Å². The Labute approximate surface area is 121 Å². The molecule has 0 aromatic carbocycles. The molecule has 0 aliphatic heterocycles. The van der Waals surface area contributed by atoms with Gasteiger partial charge in [-0.05, 0) is 24.2 Å². The number of aliphatic carboxylic acids is 1. The van der Waals surface area contributed by atoms with Gasteiger partial charge in [0.15, 0.2) is 0 Å². The summed E-state index contributed by atoms with van der Waals surface area (Å²) in [5, 5.41) is 8.91. The lowest BCUT2D eigenvalue weighted by atomic mass is 9.67. The highest BCUT2D eigenvalue weighted by atomic mass is 16.5. The van der Waals surface area contributed by atoms with Crippen LogP contribution in [-0.2, 0) is 14.3 Å². The zero-order chi connectivity index (χ0) is 15.2. The number of carbonyl (C=O) groups excluding carboxylic acids is 1. The maximum atomic E-state index is 12.3. The smallest absolute Gasteiger partial charge is 0.323 e. The first kappa shape index (κ1) is 17.0. The second-order valence-corrected chi connectivity index (χ2v) is 6.34. The van der Waals surface area contributed by atoms with Crippen LogP contribution in [0.2, 0.25) is 0 Å². The molecule has 1 N–H and O–H groups in total. The van der Waals surface area contributed by atoms with Crippen LogP contribution in [0.4, 0.5) is 0 Å². The molecule has 1 aliphatic carbocycles. The standard InChI is InChI=1S/C15H27NO4/c1-15(2)7-5-4-6-12(15)10-13(17)16(8-9-20-3)11-14(18)19/h12H,4-11H2,1-3H3,(H,18,19). The molecule has 5 nitrogen and oxygen atoms in total. The number of rotatable bonds is 7. The van der Waals surface area contributed by atoms with E-state index in [0.29, 0.717) is 25.5 Å². The fourth-order valence-electron chi connectivity index (χ4n) is 2.94. The summed E-state index contributed by atoms with van der Waals surface area (Å²) in [6.45, 7) is 4.89. The van der Waals surface area contributed by atoms with Gasteiger partial charge in [-0.2, -0.15) is 0 Å². The number of nitrogens with zero attached hydrogens (tertiary/aromatic N) is 1. The Hall–Kier alpha value is -1.10. The van der Waals surface area contributed by atoms with Gasteiger partial charge < -0.3 is 14.7 Å². The summed E-state index contributed by atoms with van der Waals surface area (Å²) in [6.07, 6.45) is 5.04. The fraction of sp³-hybridized carbons (Fsp3) is 0.867. The van der Waals surface area contributed by atoms with Crippen molar-refractivity contribution >= 4 is 11.9 Å². The molecule has 1 atom stereocenters. The average molecular weight is 285 g/mol. The van der Waals surface area contributed by atoms with Gasteiger partial charge in [-0.1, -0.05) is 26.7 Å². The lowest BCUT2D eigenvalue weighted by Gasteiger charge is -2.39. The quantitative estimate of drug-likeness (QED) is 0.778. The molecule has 0 aromatic rings. The third kappa shape index (κ3) is 5.12. The molecule has 1 amide bonds. The van der Waals surface area contributed by atoms with Gasteiger partial charge in [-0.25, -0.2) is 0 Å². The van der Waals surface area contributed by atoms with Crippen molar-refractivity contribution in [3.05, 3.63) is 0 Å².